The molecule has 1 unspecified atom stereocenters. The van der Waals surface area contributed by atoms with Crippen molar-refractivity contribution >= 4 is 5.69 Å². The van der Waals surface area contributed by atoms with E-state index in [4.69, 9.17) is 0 Å². The summed E-state index contributed by atoms with van der Waals surface area (Å²) in [5.41, 5.74) is 2.62. The molecule has 0 spiro atoms. The van der Waals surface area contributed by atoms with Crippen LogP contribution < -0.4 is 10.2 Å². The van der Waals surface area contributed by atoms with Crippen molar-refractivity contribution in [3.63, 3.8) is 0 Å². The van der Waals surface area contributed by atoms with Crippen molar-refractivity contribution in [2.75, 3.05) is 24.5 Å². The topological polar surface area (TPSA) is 28.2 Å². The Hall–Kier alpha value is -1.09. The fourth-order valence-electron chi connectivity index (χ4n) is 2.58. The van der Waals surface area contributed by atoms with Gasteiger partial charge in [-0.1, -0.05) is 6.92 Å². The molecule has 0 saturated carbocycles. The highest BCUT2D eigenvalue weighted by Gasteiger charge is 2.18. The first kappa shape index (κ1) is 12.4. The van der Waals surface area contributed by atoms with Gasteiger partial charge in [0.05, 0.1) is 0 Å². The Morgan fingerprint density at radius 1 is 1.53 bits per heavy atom. The van der Waals surface area contributed by atoms with Crippen LogP contribution in [0, 0.1) is 6.92 Å². The third kappa shape index (κ3) is 3.19. The molecule has 2 heterocycles. The summed E-state index contributed by atoms with van der Waals surface area (Å²) in [7, 11) is 0. The van der Waals surface area contributed by atoms with Crippen LogP contribution >= 0.6 is 0 Å². The summed E-state index contributed by atoms with van der Waals surface area (Å²) in [4.78, 5) is 6.68. The van der Waals surface area contributed by atoms with Crippen LogP contribution in [0.1, 0.15) is 31.7 Å². The maximum absolute atomic E-state index is 4.18. The van der Waals surface area contributed by atoms with Crippen LogP contribution in [0.4, 0.5) is 5.69 Å². The molecule has 1 aliphatic rings. The minimum Gasteiger partial charge on any atom is -0.370 e. The zero-order valence-corrected chi connectivity index (χ0v) is 10.9. The summed E-state index contributed by atoms with van der Waals surface area (Å²) >= 11 is 0. The highest BCUT2D eigenvalue weighted by Crippen LogP contribution is 2.20. The van der Waals surface area contributed by atoms with Crippen LogP contribution in [0.15, 0.2) is 18.5 Å². The Morgan fingerprint density at radius 3 is 3.06 bits per heavy atom. The average molecular weight is 233 g/mol. The SMILES string of the molecule is CCCN(CC1CCCN1)c1ccncc1C. The maximum atomic E-state index is 4.18. The predicted molar refractivity (Wildman–Crippen MR) is 72.5 cm³/mol. The van der Waals surface area contributed by atoms with Gasteiger partial charge in [0, 0.05) is 37.2 Å². The van der Waals surface area contributed by atoms with E-state index in [2.05, 4.69) is 35.1 Å². The molecule has 1 saturated heterocycles. The largest absolute Gasteiger partial charge is 0.370 e. The average Bonchev–Trinajstić information content (AvgIpc) is 2.82. The second-order valence-electron chi connectivity index (χ2n) is 4.90. The number of rotatable bonds is 5. The molecule has 1 fully saturated rings. The van der Waals surface area contributed by atoms with E-state index >= 15 is 0 Å². The van der Waals surface area contributed by atoms with Crippen molar-refractivity contribution < 1.29 is 0 Å². The van der Waals surface area contributed by atoms with Crippen molar-refractivity contribution in [3.8, 4) is 0 Å². The van der Waals surface area contributed by atoms with E-state index in [-0.39, 0.29) is 0 Å². The van der Waals surface area contributed by atoms with Gasteiger partial charge in [0.25, 0.3) is 0 Å². The standard InChI is InChI=1S/C14H23N3/c1-3-9-17(11-13-5-4-7-16-13)14-6-8-15-10-12(14)2/h6,8,10,13,16H,3-5,7,9,11H2,1-2H3. The van der Waals surface area contributed by atoms with Crippen LogP contribution in [0.25, 0.3) is 0 Å². The van der Waals surface area contributed by atoms with Gasteiger partial charge in [-0.25, -0.2) is 0 Å². The Labute approximate surface area is 104 Å². The summed E-state index contributed by atoms with van der Waals surface area (Å²) in [5, 5.41) is 3.58. The molecular formula is C14H23N3. The van der Waals surface area contributed by atoms with Gasteiger partial charge in [-0.15, -0.1) is 0 Å². The first-order chi connectivity index (χ1) is 8.31. The van der Waals surface area contributed by atoms with E-state index in [1.807, 2.05) is 12.4 Å². The highest BCUT2D eigenvalue weighted by molar-refractivity contribution is 5.51. The van der Waals surface area contributed by atoms with Crippen LogP contribution in [-0.2, 0) is 0 Å². The number of aryl methyl sites for hydroxylation is 1. The number of nitrogens with one attached hydrogen (secondary N) is 1. The summed E-state index contributed by atoms with van der Waals surface area (Å²) in [6.07, 6.45) is 7.67. The normalized spacial score (nSPS) is 19.5. The van der Waals surface area contributed by atoms with E-state index in [1.165, 1.54) is 37.1 Å². The third-order valence-corrected chi connectivity index (χ3v) is 3.43. The molecule has 94 valence electrons. The van der Waals surface area contributed by atoms with E-state index < -0.39 is 0 Å². The number of pyridine rings is 1. The lowest BCUT2D eigenvalue weighted by molar-refractivity contribution is 0.578. The van der Waals surface area contributed by atoms with Crippen LogP contribution in [0.5, 0.6) is 0 Å². The minimum absolute atomic E-state index is 0.661. The van der Waals surface area contributed by atoms with Gasteiger partial charge in [0.15, 0.2) is 0 Å². The molecular weight excluding hydrogens is 210 g/mol. The van der Waals surface area contributed by atoms with E-state index in [9.17, 15) is 0 Å². The second kappa shape index (κ2) is 6.01. The van der Waals surface area contributed by atoms with E-state index in [0.29, 0.717) is 6.04 Å². The molecule has 0 amide bonds. The number of aromatic nitrogens is 1. The summed E-state index contributed by atoms with van der Waals surface area (Å²) in [5.74, 6) is 0. The number of nitrogens with zero attached hydrogens (tertiary/aromatic N) is 2. The van der Waals surface area contributed by atoms with Gasteiger partial charge in [0.1, 0.15) is 0 Å². The second-order valence-corrected chi connectivity index (χ2v) is 4.90. The van der Waals surface area contributed by atoms with Gasteiger partial charge >= 0.3 is 0 Å². The molecule has 2 rings (SSSR count). The minimum atomic E-state index is 0.661. The van der Waals surface area contributed by atoms with Crippen LogP contribution in [0.2, 0.25) is 0 Å². The van der Waals surface area contributed by atoms with Crippen molar-refractivity contribution in [2.24, 2.45) is 0 Å². The van der Waals surface area contributed by atoms with E-state index in [0.717, 1.165) is 13.1 Å². The Kier molecular flexibility index (Phi) is 4.37. The first-order valence-corrected chi connectivity index (χ1v) is 6.70. The van der Waals surface area contributed by atoms with Gasteiger partial charge in [-0.2, -0.15) is 0 Å². The molecule has 0 aromatic carbocycles. The third-order valence-electron chi connectivity index (χ3n) is 3.43. The Balaban J connectivity index is 2.08. The Bertz CT molecular complexity index is 345. The quantitative estimate of drug-likeness (QED) is 0.846. The van der Waals surface area contributed by atoms with Gasteiger partial charge < -0.3 is 10.2 Å². The highest BCUT2D eigenvalue weighted by atomic mass is 15.2. The van der Waals surface area contributed by atoms with E-state index in [1.54, 1.807) is 0 Å². The zero-order valence-electron chi connectivity index (χ0n) is 10.9. The molecule has 0 radical (unpaired) electrons. The molecule has 3 heteroatoms. The lowest BCUT2D eigenvalue weighted by Crippen LogP contribution is -2.38. The van der Waals surface area contributed by atoms with Crippen LogP contribution in [-0.4, -0.2) is 30.7 Å². The summed E-state index contributed by atoms with van der Waals surface area (Å²) in [6, 6.07) is 2.80. The van der Waals surface area contributed by atoms with Gasteiger partial charge in [0.2, 0.25) is 0 Å². The lowest BCUT2D eigenvalue weighted by atomic mass is 10.1. The summed E-state index contributed by atoms with van der Waals surface area (Å²) in [6.45, 7) is 7.82. The number of hydrogen-bond acceptors (Lipinski definition) is 3. The molecule has 0 aliphatic carbocycles. The fraction of sp³-hybridized carbons (Fsp3) is 0.643. The molecule has 1 aromatic rings. The molecule has 17 heavy (non-hydrogen) atoms. The molecule has 1 atom stereocenters. The van der Waals surface area contributed by atoms with Crippen LogP contribution in [0.3, 0.4) is 0 Å². The van der Waals surface area contributed by atoms with Gasteiger partial charge in [-0.05, 0) is 44.4 Å². The zero-order chi connectivity index (χ0) is 12.1. The predicted octanol–water partition coefficient (Wildman–Crippen LogP) is 2.36. The molecule has 1 N–H and O–H groups in total. The maximum Gasteiger partial charge on any atom is 0.0427 e. The fourth-order valence-corrected chi connectivity index (χ4v) is 2.58. The van der Waals surface area contributed by atoms with Gasteiger partial charge in [-0.3, -0.25) is 4.98 Å². The molecule has 0 bridgehead atoms. The van der Waals surface area contributed by atoms with Crippen molar-refractivity contribution in [2.45, 2.75) is 39.2 Å². The molecule has 3 nitrogen and oxygen atoms in total. The molecule has 1 aliphatic heterocycles. The van der Waals surface area contributed by atoms with Crippen molar-refractivity contribution in [1.29, 1.82) is 0 Å². The van der Waals surface area contributed by atoms with Crippen molar-refractivity contribution in [3.05, 3.63) is 24.0 Å². The number of anilines is 1. The molecule has 1 aromatic heterocycles. The van der Waals surface area contributed by atoms with Crippen molar-refractivity contribution in [1.82, 2.24) is 10.3 Å². The lowest BCUT2D eigenvalue weighted by Gasteiger charge is -2.28. The Morgan fingerprint density at radius 2 is 2.41 bits per heavy atom. The smallest absolute Gasteiger partial charge is 0.0427 e. The number of hydrogen-bond donors (Lipinski definition) is 1. The monoisotopic (exact) mass is 233 g/mol. The summed E-state index contributed by atoms with van der Waals surface area (Å²) < 4.78 is 0. The first-order valence-electron chi connectivity index (χ1n) is 6.70.